The summed E-state index contributed by atoms with van der Waals surface area (Å²) in [6.07, 6.45) is 0.797. The van der Waals surface area contributed by atoms with Crippen molar-refractivity contribution in [1.82, 2.24) is 9.88 Å². The smallest absolute Gasteiger partial charge is 0.305 e. The largest absolute Gasteiger partial charge is 0.497 e. The number of aromatic amines is 1. The van der Waals surface area contributed by atoms with Crippen LogP contribution < -0.4 is 14.9 Å². The monoisotopic (exact) mass is 581 g/mol. The maximum Gasteiger partial charge on any atom is 0.305 e. The lowest BCUT2D eigenvalue weighted by molar-refractivity contribution is -0.143. The van der Waals surface area contributed by atoms with Crippen molar-refractivity contribution in [3.8, 4) is 5.75 Å². The summed E-state index contributed by atoms with van der Waals surface area (Å²) in [4.78, 5) is 57.6. The van der Waals surface area contributed by atoms with E-state index in [1.165, 1.54) is 11.3 Å². The third-order valence-electron chi connectivity index (χ3n) is 8.72. The Kier molecular flexibility index (Phi) is 5.91. The zero-order valence-corrected chi connectivity index (χ0v) is 23.1. The highest BCUT2D eigenvalue weighted by Crippen LogP contribution is 2.68. The number of aromatic nitrogens is 1. The summed E-state index contributed by atoms with van der Waals surface area (Å²) in [6, 6.07) is 14.6. The van der Waals surface area contributed by atoms with Crippen LogP contribution in [0.2, 0.25) is 5.02 Å². The number of thiazole rings is 1. The van der Waals surface area contributed by atoms with Gasteiger partial charge in [0.2, 0.25) is 17.7 Å². The minimum absolute atomic E-state index is 0.00395. The normalized spacial score (nSPS) is 30.2. The number of nitrogens with zero attached hydrogens (tertiary/aromatic N) is 1. The fraction of sp³-hybridized carbons (Fsp3) is 0.357. The van der Waals surface area contributed by atoms with Crippen LogP contribution in [-0.4, -0.2) is 46.5 Å². The van der Waals surface area contributed by atoms with Gasteiger partial charge in [0.25, 0.3) is 0 Å². The van der Waals surface area contributed by atoms with E-state index in [9.17, 15) is 19.2 Å². The summed E-state index contributed by atoms with van der Waals surface area (Å²) in [6.45, 7) is -0.308. The highest BCUT2D eigenvalue weighted by Gasteiger charge is 2.69. The summed E-state index contributed by atoms with van der Waals surface area (Å²) in [5, 5.41) is 4.27. The fourth-order valence-corrected chi connectivity index (χ4v) is 10.3. The zero-order chi connectivity index (χ0) is 27.0. The molecule has 1 saturated heterocycles. The summed E-state index contributed by atoms with van der Waals surface area (Å²) >= 11 is 8.80. The Balaban J connectivity index is 1.18. The molecule has 0 spiro atoms. The molecule has 39 heavy (non-hydrogen) atoms. The fourth-order valence-electron chi connectivity index (χ4n) is 7.30. The van der Waals surface area contributed by atoms with Gasteiger partial charge in [-0.2, -0.15) is 0 Å². The number of carbonyl (C=O) groups is 3. The van der Waals surface area contributed by atoms with E-state index in [0.717, 1.165) is 32.5 Å². The number of fused-ring (bicyclic) bond motifs is 9. The van der Waals surface area contributed by atoms with Crippen molar-refractivity contribution in [3.63, 3.8) is 0 Å². The van der Waals surface area contributed by atoms with Crippen LogP contribution in [-0.2, 0) is 14.4 Å². The van der Waals surface area contributed by atoms with Gasteiger partial charge in [-0.3, -0.25) is 24.1 Å². The molecule has 7 unspecified atom stereocenters. The molecule has 3 fully saturated rings. The first kappa shape index (κ1) is 24.9. The van der Waals surface area contributed by atoms with Crippen LogP contribution in [0.1, 0.15) is 22.8 Å². The molecule has 2 N–H and O–H groups in total. The third kappa shape index (κ3) is 3.87. The highest BCUT2D eigenvalue weighted by atomic mass is 35.5. The average molecular weight is 582 g/mol. The number of H-pyrrole nitrogens is 1. The molecule has 200 valence electrons. The molecule has 7 rings (SSSR count). The van der Waals surface area contributed by atoms with E-state index >= 15 is 0 Å². The maximum absolute atomic E-state index is 13.7. The molecule has 3 heterocycles. The van der Waals surface area contributed by atoms with Crippen molar-refractivity contribution in [2.75, 3.05) is 19.0 Å². The van der Waals surface area contributed by atoms with Crippen molar-refractivity contribution in [3.05, 3.63) is 73.7 Å². The van der Waals surface area contributed by atoms with Crippen LogP contribution in [0.5, 0.6) is 5.75 Å². The van der Waals surface area contributed by atoms with Crippen molar-refractivity contribution in [2.45, 2.75) is 22.6 Å². The Bertz CT molecular complexity index is 1550. The molecule has 0 radical (unpaired) electrons. The highest BCUT2D eigenvalue weighted by molar-refractivity contribution is 8.00. The Morgan fingerprint density at radius 3 is 2.44 bits per heavy atom. The Morgan fingerprint density at radius 1 is 1.05 bits per heavy atom. The van der Waals surface area contributed by atoms with Crippen LogP contribution in [0.25, 0.3) is 0 Å². The number of halogens is 1. The van der Waals surface area contributed by atoms with E-state index in [1.807, 2.05) is 24.3 Å². The van der Waals surface area contributed by atoms with Gasteiger partial charge < -0.3 is 15.0 Å². The molecule has 8 nitrogen and oxygen atoms in total. The van der Waals surface area contributed by atoms with Gasteiger partial charge >= 0.3 is 4.87 Å². The second kappa shape index (κ2) is 9.25. The molecular formula is C28H24ClN3O5S2. The predicted octanol–water partition coefficient (Wildman–Crippen LogP) is 4.21. The van der Waals surface area contributed by atoms with E-state index in [1.54, 1.807) is 43.1 Å². The molecule has 2 aromatic carbocycles. The number of amides is 3. The van der Waals surface area contributed by atoms with E-state index in [4.69, 9.17) is 16.3 Å². The van der Waals surface area contributed by atoms with Gasteiger partial charge in [0.15, 0.2) is 0 Å². The maximum atomic E-state index is 13.7. The van der Waals surface area contributed by atoms with Crippen molar-refractivity contribution in [1.29, 1.82) is 0 Å². The molecule has 7 atom stereocenters. The lowest BCUT2D eigenvalue weighted by Crippen LogP contribution is -2.42. The number of anilines is 1. The number of hydrogen-bond donors (Lipinski definition) is 2. The minimum atomic E-state index is -0.439. The number of methoxy groups -OCH3 is 1. The standard InChI is InChI=1S/C28H24ClN3O5S2/c1-37-15-8-2-12(3-9-15)19-20-16-10-17(23(20)38-25-24(19)39-28(36)31-25)22-21(16)26(34)32(27(22)35)11-18(33)30-14-6-4-13(29)5-7-14/h2-9,16-17,19-23H,10-11H2,1H3,(H,30,33)(H,31,36). The molecule has 2 aliphatic heterocycles. The molecule has 2 bridgehead atoms. The van der Waals surface area contributed by atoms with Crippen LogP contribution in [0.4, 0.5) is 5.69 Å². The Hall–Kier alpha value is -3.08. The molecule has 11 heteroatoms. The second-order valence-electron chi connectivity index (χ2n) is 10.6. The number of rotatable bonds is 5. The van der Waals surface area contributed by atoms with Crippen LogP contribution >= 0.6 is 34.7 Å². The first-order valence-electron chi connectivity index (χ1n) is 12.8. The number of carbonyl (C=O) groups excluding carboxylic acids is 3. The van der Waals surface area contributed by atoms with E-state index < -0.39 is 17.7 Å². The number of benzene rings is 2. The van der Waals surface area contributed by atoms with Gasteiger partial charge in [0.05, 0.1) is 24.0 Å². The van der Waals surface area contributed by atoms with Gasteiger partial charge in [-0.1, -0.05) is 35.1 Å². The van der Waals surface area contributed by atoms with Crippen molar-refractivity contribution >= 4 is 58.1 Å². The van der Waals surface area contributed by atoms with Crippen LogP contribution in [0, 0.1) is 29.6 Å². The minimum Gasteiger partial charge on any atom is -0.497 e. The molecular weight excluding hydrogens is 558 g/mol. The summed E-state index contributed by atoms with van der Waals surface area (Å²) < 4.78 is 5.35. The molecule has 2 aliphatic carbocycles. The molecule has 3 amide bonds. The summed E-state index contributed by atoms with van der Waals surface area (Å²) in [5.41, 5.74) is 1.62. The Morgan fingerprint density at radius 2 is 1.74 bits per heavy atom. The van der Waals surface area contributed by atoms with Gasteiger partial charge in [-0.05, 0) is 66.1 Å². The van der Waals surface area contributed by atoms with E-state index in [0.29, 0.717) is 10.7 Å². The summed E-state index contributed by atoms with van der Waals surface area (Å²) in [5.74, 6) is -0.996. The quantitative estimate of drug-likeness (QED) is 0.437. The van der Waals surface area contributed by atoms with Crippen molar-refractivity contribution in [2.24, 2.45) is 29.6 Å². The lowest BCUT2D eigenvalue weighted by atomic mass is 9.68. The van der Waals surface area contributed by atoms with Gasteiger partial charge in [-0.25, -0.2) is 0 Å². The lowest BCUT2D eigenvalue weighted by Gasteiger charge is -2.43. The summed E-state index contributed by atoms with van der Waals surface area (Å²) in [7, 11) is 1.62. The van der Waals surface area contributed by atoms with Crippen molar-refractivity contribution < 1.29 is 19.1 Å². The van der Waals surface area contributed by atoms with Gasteiger partial charge in [0, 0.05) is 26.8 Å². The first-order valence-corrected chi connectivity index (χ1v) is 14.9. The number of hydrogen-bond acceptors (Lipinski definition) is 7. The number of nitrogens with one attached hydrogen (secondary N) is 2. The first-order chi connectivity index (χ1) is 18.8. The van der Waals surface area contributed by atoms with Gasteiger partial charge in [-0.15, -0.1) is 11.8 Å². The number of ether oxygens (including phenoxy) is 1. The van der Waals surface area contributed by atoms with Gasteiger partial charge in [0.1, 0.15) is 12.3 Å². The van der Waals surface area contributed by atoms with E-state index in [-0.39, 0.29) is 52.2 Å². The van der Waals surface area contributed by atoms with E-state index in [2.05, 4.69) is 10.3 Å². The number of likely N-dealkylation sites (tertiary alicyclic amines) is 1. The van der Waals surface area contributed by atoms with Crippen LogP contribution in [0.15, 0.2) is 58.4 Å². The average Bonchev–Trinajstić information content (AvgIpc) is 3.66. The number of imide groups is 1. The third-order valence-corrected chi connectivity index (χ3v) is 11.6. The van der Waals surface area contributed by atoms with Crippen LogP contribution in [0.3, 0.4) is 0 Å². The Labute approximate surface area is 237 Å². The SMILES string of the molecule is COc1ccc(C2c3sc(=O)[nH]c3SC3C4CC(C5C(=O)N(CC(=O)Nc6ccc(Cl)cc6)C(=O)C45)C23)cc1. The predicted molar refractivity (Wildman–Crippen MR) is 148 cm³/mol. The molecule has 2 saturated carbocycles. The molecule has 4 aliphatic rings. The topological polar surface area (TPSA) is 109 Å². The second-order valence-corrected chi connectivity index (χ2v) is 13.2. The molecule has 3 aromatic rings. The number of thioether (sulfide) groups is 1. The molecule has 1 aromatic heterocycles. The zero-order valence-electron chi connectivity index (χ0n) is 20.8.